The Morgan fingerprint density at radius 2 is 1.89 bits per heavy atom. The van der Waals surface area contributed by atoms with Gasteiger partial charge in [-0.15, -0.1) is 5.10 Å². The van der Waals surface area contributed by atoms with Crippen molar-refractivity contribution in [3.05, 3.63) is 49.1 Å². The van der Waals surface area contributed by atoms with Gasteiger partial charge in [-0.3, -0.25) is 10.1 Å². The average molecular weight is 362 g/mol. The number of hydrogen-bond acceptors (Lipinski definition) is 7. The van der Waals surface area contributed by atoms with Gasteiger partial charge < -0.3 is 15.0 Å². The highest BCUT2D eigenvalue weighted by Crippen LogP contribution is 2.22. The maximum absolute atomic E-state index is 5.41. The molecule has 1 saturated heterocycles. The zero-order valence-electron chi connectivity index (χ0n) is 14.5. The Kier molecular flexibility index (Phi) is 3.91. The Balaban J connectivity index is 1.39. The summed E-state index contributed by atoms with van der Waals surface area (Å²) in [4.78, 5) is 11.1. The van der Waals surface area contributed by atoms with E-state index in [1.807, 2.05) is 12.1 Å². The lowest BCUT2D eigenvalue weighted by Crippen LogP contribution is -2.36. The molecule has 0 atom stereocenters. The molecule has 9 heteroatoms. The molecular weight excluding hydrogens is 344 g/mol. The van der Waals surface area contributed by atoms with E-state index in [0.717, 1.165) is 43.2 Å². The van der Waals surface area contributed by atoms with E-state index in [9.17, 15) is 0 Å². The maximum Gasteiger partial charge on any atom is 0.247 e. The third-order valence-corrected chi connectivity index (χ3v) is 4.54. The molecule has 1 aliphatic heterocycles. The monoisotopic (exact) mass is 362 g/mol. The summed E-state index contributed by atoms with van der Waals surface area (Å²) in [6.45, 7) is 3.39. The summed E-state index contributed by atoms with van der Waals surface area (Å²) in [6, 6.07) is 8.27. The molecule has 1 fully saturated rings. The van der Waals surface area contributed by atoms with Crippen LogP contribution in [0.15, 0.2) is 49.1 Å². The lowest BCUT2D eigenvalue weighted by Gasteiger charge is -2.28. The van der Waals surface area contributed by atoms with Gasteiger partial charge in [-0.25, -0.2) is 4.52 Å². The Labute approximate surface area is 155 Å². The first-order chi connectivity index (χ1) is 13.4. The number of rotatable bonds is 4. The van der Waals surface area contributed by atoms with Crippen molar-refractivity contribution in [3.63, 3.8) is 0 Å². The highest BCUT2D eigenvalue weighted by molar-refractivity contribution is 5.63. The number of morpholine rings is 1. The van der Waals surface area contributed by atoms with Crippen LogP contribution in [-0.2, 0) is 4.74 Å². The van der Waals surface area contributed by atoms with E-state index in [1.54, 1.807) is 29.3 Å². The minimum absolute atomic E-state index is 0.520. The number of benzene rings is 1. The fourth-order valence-electron chi connectivity index (χ4n) is 3.16. The number of aromatic nitrogens is 6. The quantitative estimate of drug-likeness (QED) is 0.574. The van der Waals surface area contributed by atoms with Gasteiger partial charge in [0.25, 0.3) is 0 Å². The molecular formula is C18H18N8O. The molecule has 2 N–H and O–H groups in total. The van der Waals surface area contributed by atoms with Crippen molar-refractivity contribution >= 4 is 23.0 Å². The van der Waals surface area contributed by atoms with Crippen LogP contribution in [0.1, 0.15) is 0 Å². The predicted molar refractivity (Wildman–Crippen MR) is 101 cm³/mol. The maximum atomic E-state index is 5.41. The summed E-state index contributed by atoms with van der Waals surface area (Å²) in [5.41, 5.74) is 4.52. The molecule has 4 aromatic rings. The van der Waals surface area contributed by atoms with Gasteiger partial charge in [-0.1, -0.05) is 0 Å². The van der Waals surface area contributed by atoms with Crippen molar-refractivity contribution in [2.24, 2.45) is 0 Å². The number of hydrogen-bond donors (Lipinski definition) is 2. The van der Waals surface area contributed by atoms with Crippen molar-refractivity contribution in [3.8, 4) is 11.3 Å². The van der Waals surface area contributed by atoms with E-state index < -0.39 is 0 Å². The van der Waals surface area contributed by atoms with Crippen LogP contribution < -0.4 is 10.2 Å². The number of nitrogens with zero attached hydrogens (tertiary/aromatic N) is 6. The molecule has 0 unspecified atom stereocenters. The Bertz CT molecular complexity index is 1040. The topological polar surface area (TPSA) is 96.3 Å². The van der Waals surface area contributed by atoms with Crippen molar-refractivity contribution < 1.29 is 4.74 Å². The molecule has 1 aromatic carbocycles. The number of aromatic amines is 1. The number of fused-ring (bicyclic) bond motifs is 1. The first kappa shape index (κ1) is 15.8. The molecule has 0 saturated carbocycles. The van der Waals surface area contributed by atoms with Crippen molar-refractivity contribution in [1.29, 1.82) is 0 Å². The van der Waals surface area contributed by atoms with Gasteiger partial charge in [-0.2, -0.15) is 10.1 Å². The van der Waals surface area contributed by atoms with Crippen LogP contribution in [0.2, 0.25) is 0 Å². The van der Waals surface area contributed by atoms with Gasteiger partial charge >= 0.3 is 0 Å². The Morgan fingerprint density at radius 1 is 1.04 bits per heavy atom. The number of anilines is 3. The molecule has 5 rings (SSSR count). The second kappa shape index (κ2) is 6.69. The molecule has 3 aromatic heterocycles. The molecule has 1 aliphatic rings. The normalized spacial score (nSPS) is 14.6. The zero-order chi connectivity index (χ0) is 18.1. The summed E-state index contributed by atoms with van der Waals surface area (Å²) in [5.74, 6) is 0.520. The zero-order valence-corrected chi connectivity index (χ0v) is 14.5. The molecule has 0 bridgehead atoms. The highest BCUT2D eigenvalue weighted by Gasteiger charge is 2.12. The summed E-state index contributed by atoms with van der Waals surface area (Å²) < 4.78 is 7.16. The van der Waals surface area contributed by atoms with Gasteiger partial charge in [-0.05, 0) is 24.3 Å². The van der Waals surface area contributed by atoms with Gasteiger partial charge in [0.05, 0.1) is 37.5 Å². The summed E-state index contributed by atoms with van der Waals surface area (Å²) in [5, 5.41) is 14.6. The summed E-state index contributed by atoms with van der Waals surface area (Å²) in [6.07, 6.45) is 6.96. The van der Waals surface area contributed by atoms with Crippen LogP contribution in [-0.4, -0.2) is 56.1 Å². The van der Waals surface area contributed by atoms with Crippen LogP contribution in [0.25, 0.3) is 16.9 Å². The van der Waals surface area contributed by atoms with E-state index in [2.05, 4.69) is 47.6 Å². The van der Waals surface area contributed by atoms with E-state index >= 15 is 0 Å². The fourth-order valence-corrected chi connectivity index (χ4v) is 3.16. The molecule has 0 amide bonds. The number of H-pyrrole nitrogens is 1. The van der Waals surface area contributed by atoms with Crippen molar-refractivity contribution in [1.82, 2.24) is 29.8 Å². The Hall–Kier alpha value is -3.46. The number of ether oxygens (including phenoxy) is 1. The third kappa shape index (κ3) is 3.08. The molecule has 4 heterocycles. The summed E-state index contributed by atoms with van der Waals surface area (Å²) >= 11 is 0. The SMILES string of the molecule is c1cc(N2CCOCC2)ccc1Nc1nc2cncc(-c3cn[nH]c3)n2n1. The van der Waals surface area contributed by atoms with Gasteiger partial charge in [0.15, 0.2) is 5.65 Å². The van der Waals surface area contributed by atoms with Gasteiger partial charge in [0.2, 0.25) is 5.95 Å². The molecule has 0 aliphatic carbocycles. The highest BCUT2D eigenvalue weighted by atomic mass is 16.5. The predicted octanol–water partition coefficient (Wildman–Crippen LogP) is 2.09. The second-order valence-corrected chi connectivity index (χ2v) is 6.26. The molecule has 0 spiro atoms. The molecule has 27 heavy (non-hydrogen) atoms. The third-order valence-electron chi connectivity index (χ3n) is 4.54. The Morgan fingerprint density at radius 3 is 2.67 bits per heavy atom. The van der Waals surface area contributed by atoms with Crippen LogP contribution in [0.4, 0.5) is 17.3 Å². The molecule has 136 valence electrons. The lowest BCUT2D eigenvalue weighted by molar-refractivity contribution is 0.122. The van der Waals surface area contributed by atoms with E-state index in [0.29, 0.717) is 11.6 Å². The van der Waals surface area contributed by atoms with E-state index in [-0.39, 0.29) is 0 Å². The smallest absolute Gasteiger partial charge is 0.247 e. The van der Waals surface area contributed by atoms with E-state index in [1.165, 1.54) is 5.69 Å². The largest absolute Gasteiger partial charge is 0.378 e. The van der Waals surface area contributed by atoms with Crippen molar-refractivity contribution in [2.75, 3.05) is 36.5 Å². The van der Waals surface area contributed by atoms with Crippen LogP contribution >= 0.6 is 0 Å². The molecule has 0 radical (unpaired) electrons. The number of nitrogens with one attached hydrogen (secondary N) is 2. The van der Waals surface area contributed by atoms with Crippen LogP contribution in [0, 0.1) is 0 Å². The second-order valence-electron chi connectivity index (χ2n) is 6.26. The first-order valence-corrected chi connectivity index (χ1v) is 8.76. The molecule has 9 nitrogen and oxygen atoms in total. The standard InChI is InChI=1S/C18H18N8O/c1-3-15(25-5-7-27-8-6-25)4-2-14(1)22-18-23-17-12-19-11-16(26(17)24-18)13-9-20-21-10-13/h1-4,9-12H,5-8H2,(H,20,21)(H,22,24). The van der Waals surface area contributed by atoms with Crippen LogP contribution in [0.5, 0.6) is 0 Å². The first-order valence-electron chi connectivity index (χ1n) is 8.76. The van der Waals surface area contributed by atoms with Gasteiger partial charge in [0.1, 0.15) is 0 Å². The van der Waals surface area contributed by atoms with Crippen LogP contribution in [0.3, 0.4) is 0 Å². The van der Waals surface area contributed by atoms with Gasteiger partial charge in [0, 0.05) is 36.2 Å². The minimum atomic E-state index is 0.520. The lowest BCUT2D eigenvalue weighted by atomic mass is 10.2. The van der Waals surface area contributed by atoms with Crippen molar-refractivity contribution in [2.45, 2.75) is 0 Å². The minimum Gasteiger partial charge on any atom is -0.378 e. The van der Waals surface area contributed by atoms with E-state index in [4.69, 9.17) is 4.74 Å². The summed E-state index contributed by atoms with van der Waals surface area (Å²) in [7, 11) is 0. The fraction of sp³-hybridized carbons (Fsp3) is 0.222. The average Bonchev–Trinajstić information content (AvgIpc) is 3.38.